The zero-order valence-electron chi connectivity index (χ0n) is 20.2. The van der Waals surface area contributed by atoms with Gasteiger partial charge in [0.15, 0.2) is 5.65 Å². The Morgan fingerprint density at radius 3 is 2.54 bits per heavy atom. The maximum Gasteiger partial charge on any atom is 0.219 e. The Kier molecular flexibility index (Phi) is 5.94. The fraction of sp³-hybridized carbons (Fsp3) is 0.320. The minimum Gasteiger partial charge on any atom is -0.384 e. The van der Waals surface area contributed by atoms with Crippen molar-refractivity contribution in [2.24, 2.45) is 7.05 Å². The van der Waals surface area contributed by atoms with Gasteiger partial charge in [-0.1, -0.05) is 6.07 Å². The highest BCUT2D eigenvalue weighted by molar-refractivity contribution is 5.77. The van der Waals surface area contributed by atoms with Crippen molar-refractivity contribution in [2.45, 2.75) is 32.7 Å². The molecule has 4 aromatic heterocycles. The molecule has 5 heterocycles. The third-order valence-corrected chi connectivity index (χ3v) is 6.41. The number of aryl methyl sites for hydroxylation is 2. The number of aromatic nitrogens is 7. The van der Waals surface area contributed by atoms with Gasteiger partial charge in [-0.15, -0.1) is 0 Å². The summed E-state index contributed by atoms with van der Waals surface area (Å²) in [6.07, 6.45) is 11.1. The lowest BCUT2D eigenvalue weighted by Crippen LogP contribution is -2.37. The average molecular weight is 472 g/mol. The fourth-order valence-corrected chi connectivity index (χ4v) is 4.52. The molecule has 180 valence electrons. The van der Waals surface area contributed by atoms with Crippen molar-refractivity contribution < 1.29 is 4.79 Å². The van der Waals surface area contributed by atoms with Gasteiger partial charge in [-0.25, -0.2) is 4.98 Å². The maximum atomic E-state index is 11.7. The van der Waals surface area contributed by atoms with Gasteiger partial charge < -0.3 is 15.2 Å². The molecular weight excluding hydrogens is 442 g/mol. The van der Waals surface area contributed by atoms with E-state index < -0.39 is 0 Å². The van der Waals surface area contributed by atoms with Gasteiger partial charge in [0.1, 0.15) is 11.5 Å². The van der Waals surface area contributed by atoms with Gasteiger partial charge >= 0.3 is 0 Å². The topological polar surface area (TPSA) is 112 Å². The summed E-state index contributed by atoms with van der Waals surface area (Å²) in [6.45, 7) is 5.12. The van der Waals surface area contributed by atoms with Gasteiger partial charge in [-0.05, 0) is 43.5 Å². The standard InChI is InChI=1S/C25H29N9O/c1-17-12-24(26)34-25(28-16-33(15-17)20-6-10-32(11-7-20)18(2)35)21(14-29-34)19-4-5-22(27-13-19)23-8-9-31(3)30-23/h4-5,8-9,12-16,20H,6-7,10-11,26H2,1-3H3. The van der Waals surface area contributed by atoms with E-state index in [4.69, 9.17) is 10.7 Å². The van der Waals surface area contributed by atoms with Gasteiger partial charge in [-0.2, -0.15) is 14.7 Å². The van der Waals surface area contributed by atoms with Crippen molar-refractivity contribution >= 4 is 17.4 Å². The summed E-state index contributed by atoms with van der Waals surface area (Å²) in [5.74, 6) is 0.615. The first-order chi connectivity index (χ1) is 16.9. The molecule has 35 heavy (non-hydrogen) atoms. The number of fused-ring (bicyclic) bond motifs is 1. The largest absolute Gasteiger partial charge is 0.384 e. The van der Waals surface area contributed by atoms with Crippen LogP contribution in [-0.4, -0.2) is 57.8 Å². The second-order valence-corrected chi connectivity index (χ2v) is 8.97. The molecule has 1 aliphatic rings. The number of likely N-dealkylation sites (tertiary alicyclic amines) is 1. The van der Waals surface area contributed by atoms with Crippen LogP contribution in [0.4, 0.5) is 5.82 Å². The number of nitrogen functional groups attached to an aromatic ring is 1. The Bertz CT molecular complexity index is 1420. The van der Waals surface area contributed by atoms with E-state index in [-0.39, 0.29) is 11.9 Å². The monoisotopic (exact) mass is 471 g/mol. The molecule has 0 aromatic carbocycles. The van der Waals surface area contributed by atoms with Crippen LogP contribution >= 0.6 is 0 Å². The van der Waals surface area contributed by atoms with Crippen molar-refractivity contribution in [3.05, 3.63) is 60.9 Å². The quantitative estimate of drug-likeness (QED) is 0.491. The number of hydrogen-bond donors (Lipinski definition) is 1. The third kappa shape index (κ3) is 4.59. The van der Waals surface area contributed by atoms with E-state index in [9.17, 15) is 4.79 Å². The van der Waals surface area contributed by atoms with Crippen molar-refractivity contribution in [1.29, 1.82) is 0 Å². The lowest BCUT2D eigenvalue weighted by atomic mass is 10.0. The van der Waals surface area contributed by atoms with E-state index in [1.54, 1.807) is 22.3 Å². The molecule has 2 N–H and O–H groups in total. The molecular formula is C25H29N9O. The fourth-order valence-electron chi connectivity index (χ4n) is 4.52. The van der Waals surface area contributed by atoms with E-state index in [0.29, 0.717) is 11.5 Å². The number of nitrogens with two attached hydrogens (primary N) is 1. The van der Waals surface area contributed by atoms with Crippen LogP contribution in [0.2, 0.25) is 0 Å². The van der Waals surface area contributed by atoms with E-state index in [1.165, 1.54) is 0 Å². The summed E-state index contributed by atoms with van der Waals surface area (Å²) in [4.78, 5) is 23.1. The zero-order chi connectivity index (χ0) is 24.5. The number of piperidine rings is 1. The van der Waals surface area contributed by atoms with Gasteiger partial charge in [0.25, 0.3) is 0 Å². The van der Waals surface area contributed by atoms with Crippen LogP contribution in [0.15, 0.2) is 55.4 Å². The van der Waals surface area contributed by atoms with Crippen molar-refractivity contribution in [1.82, 2.24) is 38.8 Å². The molecule has 5 rings (SSSR count). The van der Waals surface area contributed by atoms with Gasteiger partial charge in [0.05, 0.1) is 18.2 Å². The van der Waals surface area contributed by atoms with Crippen molar-refractivity contribution in [3.63, 3.8) is 0 Å². The summed E-state index contributed by atoms with van der Waals surface area (Å²) in [6, 6.07) is 8.02. The Morgan fingerprint density at radius 2 is 1.89 bits per heavy atom. The lowest BCUT2D eigenvalue weighted by molar-refractivity contribution is -0.130. The molecule has 10 heteroatoms. The molecule has 1 fully saturated rings. The molecule has 0 aliphatic carbocycles. The highest BCUT2D eigenvalue weighted by Crippen LogP contribution is 2.26. The minimum atomic E-state index is 0.125. The molecule has 10 nitrogen and oxygen atoms in total. The smallest absolute Gasteiger partial charge is 0.219 e. The summed E-state index contributed by atoms with van der Waals surface area (Å²) in [5, 5.41) is 8.94. The van der Waals surface area contributed by atoms with Crippen LogP contribution in [0, 0.1) is 6.92 Å². The number of carbonyl (C=O) groups is 1. The van der Waals surface area contributed by atoms with Gasteiger partial charge in [-0.3, -0.25) is 14.5 Å². The van der Waals surface area contributed by atoms with Crippen LogP contribution in [0.1, 0.15) is 31.4 Å². The van der Waals surface area contributed by atoms with E-state index >= 15 is 0 Å². The van der Waals surface area contributed by atoms with E-state index in [0.717, 1.165) is 54.0 Å². The molecule has 0 bridgehead atoms. The SMILES string of the molecule is CC(=O)N1CCC(n2cnc3c(-c4ccc(-c5ccn(C)n5)nc4)cnn3c(N)cc(C)c2)CC1. The average Bonchev–Trinajstić information content (AvgIpc) is 3.48. The van der Waals surface area contributed by atoms with Crippen LogP contribution in [-0.2, 0) is 11.8 Å². The van der Waals surface area contributed by atoms with E-state index in [2.05, 4.69) is 25.9 Å². The predicted octanol–water partition coefficient (Wildman–Crippen LogP) is 3.19. The molecule has 1 amide bonds. The van der Waals surface area contributed by atoms with E-state index in [1.807, 2.05) is 61.9 Å². The summed E-state index contributed by atoms with van der Waals surface area (Å²) < 4.78 is 5.53. The Labute approximate surface area is 203 Å². The number of nitrogens with zero attached hydrogens (tertiary/aromatic N) is 8. The predicted molar refractivity (Wildman–Crippen MR) is 134 cm³/mol. The van der Waals surface area contributed by atoms with Crippen LogP contribution in [0.3, 0.4) is 0 Å². The molecule has 1 aliphatic heterocycles. The first kappa shape index (κ1) is 22.6. The number of hydrogen-bond acceptors (Lipinski definition) is 6. The van der Waals surface area contributed by atoms with Crippen molar-refractivity contribution in [2.75, 3.05) is 18.8 Å². The maximum absolute atomic E-state index is 11.7. The van der Waals surface area contributed by atoms with Crippen LogP contribution < -0.4 is 5.73 Å². The highest BCUT2D eigenvalue weighted by atomic mass is 16.2. The Morgan fingerprint density at radius 1 is 1.09 bits per heavy atom. The van der Waals surface area contributed by atoms with Gasteiger partial charge in [0.2, 0.25) is 5.91 Å². The molecule has 0 unspecified atom stereocenters. The normalized spacial score (nSPS) is 14.3. The van der Waals surface area contributed by atoms with Crippen molar-refractivity contribution in [3.8, 4) is 22.5 Å². The molecule has 1 saturated heterocycles. The number of amides is 1. The number of rotatable bonds is 3. The second kappa shape index (κ2) is 9.21. The Hall–Kier alpha value is -4.21. The highest BCUT2D eigenvalue weighted by Gasteiger charge is 2.21. The van der Waals surface area contributed by atoms with Crippen LogP contribution in [0.25, 0.3) is 28.2 Å². The third-order valence-electron chi connectivity index (χ3n) is 6.41. The second-order valence-electron chi connectivity index (χ2n) is 8.97. The minimum absolute atomic E-state index is 0.125. The number of pyridine rings is 1. The lowest BCUT2D eigenvalue weighted by Gasteiger charge is -2.32. The number of carbonyl (C=O) groups excluding carboxylic acids is 1. The summed E-state index contributed by atoms with van der Waals surface area (Å²) in [7, 11) is 1.88. The molecule has 0 atom stereocenters. The Balaban J connectivity index is 1.55. The first-order valence-electron chi connectivity index (χ1n) is 11.7. The molecule has 0 radical (unpaired) electrons. The summed E-state index contributed by atoms with van der Waals surface area (Å²) in [5.41, 5.74) is 11.4. The van der Waals surface area contributed by atoms with Crippen LogP contribution in [0.5, 0.6) is 0 Å². The first-order valence-corrected chi connectivity index (χ1v) is 11.7. The molecule has 0 spiro atoms. The zero-order valence-corrected chi connectivity index (χ0v) is 20.2. The molecule has 0 saturated carbocycles. The van der Waals surface area contributed by atoms with Gasteiger partial charge in [0, 0.05) is 62.8 Å². The molecule has 4 aromatic rings. The summed E-state index contributed by atoms with van der Waals surface area (Å²) >= 11 is 0. The number of anilines is 1.